The van der Waals surface area contributed by atoms with Gasteiger partial charge in [0, 0.05) is 5.75 Å². The topological polar surface area (TPSA) is 48.2 Å². The third-order valence-electron chi connectivity index (χ3n) is 4.14. The standard InChI is InChI=1S/C20H22N2O2S/c1-13-9-14(2)18(15(3)10-13)12-25-20-22-21-19(24-20)11-16-5-7-17(23-4)8-6-16/h5-10H,11-12H2,1-4H3. The van der Waals surface area contributed by atoms with E-state index in [0.717, 1.165) is 17.1 Å². The quantitative estimate of drug-likeness (QED) is 0.590. The summed E-state index contributed by atoms with van der Waals surface area (Å²) in [5.74, 6) is 2.31. The van der Waals surface area contributed by atoms with Crippen molar-refractivity contribution in [1.82, 2.24) is 10.2 Å². The minimum Gasteiger partial charge on any atom is -0.497 e. The maximum Gasteiger partial charge on any atom is 0.276 e. The van der Waals surface area contributed by atoms with E-state index in [9.17, 15) is 0 Å². The van der Waals surface area contributed by atoms with Crippen LogP contribution in [0.5, 0.6) is 5.75 Å². The van der Waals surface area contributed by atoms with Crippen LogP contribution in [-0.4, -0.2) is 17.3 Å². The maximum atomic E-state index is 5.78. The number of aromatic nitrogens is 2. The third kappa shape index (κ3) is 4.42. The zero-order valence-electron chi connectivity index (χ0n) is 15.0. The van der Waals surface area contributed by atoms with Gasteiger partial charge in [0.15, 0.2) is 0 Å². The number of aryl methyl sites for hydroxylation is 3. The second kappa shape index (κ2) is 7.74. The number of rotatable bonds is 6. The van der Waals surface area contributed by atoms with E-state index < -0.39 is 0 Å². The molecule has 3 aromatic rings. The average Bonchev–Trinajstić information content (AvgIpc) is 3.02. The summed E-state index contributed by atoms with van der Waals surface area (Å²) in [4.78, 5) is 0. The Labute approximate surface area is 152 Å². The van der Waals surface area contributed by atoms with Crippen LogP contribution >= 0.6 is 11.8 Å². The summed E-state index contributed by atoms with van der Waals surface area (Å²) in [7, 11) is 1.66. The Balaban J connectivity index is 1.64. The van der Waals surface area contributed by atoms with E-state index in [-0.39, 0.29) is 0 Å². The Morgan fingerprint density at radius 2 is 1.68 bits per heavy atom. The van der Waals surface area contributed by atoms with E-state index in [1.807, 2.05) is 24.3 Å². The summed E-state index contributed by atoms with van der Waals surface area (Å²) in [6.07, 6.45) is 0.625. The molecule has 0 unspecified atom stereocenters. The van der Waals surface area contributed by atoms with Crippen molar-refractivity contribution in [1.29, 1.82) is 0 Å². The Hall–Kier alpha value is -2.27. The molecule has 0 aliphatic heterocycles. The highest BCUT2D eigenvalue weighted by Gasteiger charge is 2.10. The molecule has 0 aliphatic rings. The van der Waals surface area contributed by atoms with Crippen molar-refractivity contribution in [2.75, 3.05) is 7.11 Å². The van der Waals surface area contributed by atoms with Crippen LogP contribution in [0.1, 0.15) is 33.7 Å². The highest BCUT2D eigenvalue weighted by Crippen LogP contribution is 2.27. The number of hydrogen-bond acceptors (Lipinski definition) is 5. The number of thioether (sulfide) groups is 1. The van der Waals surface area contributed by atoms with Crippen LogP contribution in [0.15, 0.2) is 46.0 Å². The molecule has 0 saturated heterocycles. The maximum absolute atomic E-state index is 5.78. The number of ether oxygens (including phenoxy) is 1. The number of methoxy groups -OCH3 is 1. The van der Waals surface area contributed by atoms with E-state index >= 15 is 0 Å². The molecule has 0 fully saturated rings. The molecular weight excluding hydrogens is 332 g/mol. The summed E-state index contributed by atoms with van der Waals surface area (Å²) < 4.78 is 10.9. The fourth-order valence-electron chi connectivity index (χ4n) is 2.86. The van der Waals surface area contributed by atoms with Crippen LogP contribution in [0.25, 0.3) is 0 Å². The molecule has 5 heteroatoms. The van der Waals surface area contributed by atoms with Gasteiger partial charge in [0.05, 0.1) is 13.5 Å². The molecule has 0 saturated carbocycles. The first kappa shape index (κ1) is 17.5. The lowest BCUT2D eigenvalue weighted by atomic mass is 10.0. The van der Waals surface area contributed by atoms with Crippen LogP contribution in [0, 0.1) is 20.8 Å². The lowest BCUT2D eigenvalue weighted by Crippen LogP contribution is -1.93. The minimum atomic E-state index is 0.614. The minimum absolute atomic E-state index is 0.614. The Morgan fingerprint density at radius 1 is 1.00 bits per heavy atom. The van der Waals surface area contributed by atoms with Crippen LogP contribution < -0.4 is 4.74 Å². The van der Waals surface area contributed by atoms with Gasteiger partial charge >= 0.3 is 0 Å². The lowest BCUT2D eigenvalue weighted by Gasteiger charge is -2.09. The molecule has 4 nitrogen and oxygen atoms in total. The van der Waals surface area contributed by atoms with Crippen molar-refractivity contribution in [3.8, 4) is 5.75 Å². The first-order chi connectivity index (χ1) is 12.0. The Morgan fingerprint density at radius 3 is 2.32 bits per heavy atom. The van der Waals surface area contributed by atoms with E-state index in [1.54, 1.807) is 18.9 Å². The zero-order valence-corrected chi connectivity index (χ0v) is 15.8. The van der Waals surface area contributed by atoms with Crippen LogP contribution in [0.2, 0.25) is 0 Å². The number of nitrogens with zero attached hydrogens (tertiary/aromatic N) is 2. The lowest BCUT2D eigenvalue weighted by molar-refractivity contribution is 0.413. The summed E-state index contributed by atoms with van der Waals surface area (Å²) in [6.45, 7) is 6.43. The van der Waals surface area contributed by atoms with Crippen LogP contribution in [-0.2, 0) is 12.2 Å². The molecule has 130 valence electrons. The largest absolute Gasteiger partial charge is 0.497 e. The molecule has 25 heavy (non-hydrogen) atoms. The third-order valence-corrected chi connectivity index (χ3v) is 4.99. The molecule has 0 spiro atoms. The summed E-state index contributed by atoms with van der Waals surface area (Å²) >= 11 is 1.58. The van der Waals surface area contributed by atoms with Crippen molar-refractivity contribution in [2.45, 2.75) is 38.2 Å². The molecule has 2 aromatic carbocycles. The van der Waals surface area contributed by atoms with Gasteiger partial charge < -0.3 is 9.15 Å². The van der Waals surface area contributed by atoms with Crippen molar-refractivity contribution < 1.29 is 9.15 Å². The van der Waals surface area contributed by atoms with Gasteiger partial charge in [-0.1, -0.05) is 41.6 Å². The van der Waals surface area contributed by atoms with Gasteiger partial charge in [-0.3, -0.25) is 0 Å². The summed E-state index contributed by atoms with van der Waals surface area (Å²) in [6, 6.07) is 12.3. The first-order valence-corrected chi connectivity index (χ1v) is 9.18. The fraction of sp³-hybridized carbons (Fsp3) is 0.300. The second-order valence-electron chi connectivity index (χ2n) is 6.15. The van der Waals surface area contributed by atoms with Gasteiger partial charge in [0.1, 0.15) is 5.75 Å². The fourth-order valence-corrected chi connectivity index (χ4v) is 3.83. The summed E-state index contributed by atoms with van der Waals surface area (Å²) in [5, 5.41) is 8.93. The molecule has 1 heterocycles. The highest BCUT2D eigenvalue weighted by atomic mass is 32.2. The molecule has 0 aliphatic carbocycles. The van der Waals surface area contributed by atoms with Crippen molar-refractivity contribution >= 4 is 11.8 Å². The Kier molecular flexibility index (Phi) is 5.43. The number of benzene rings is 2. The second-order valence-corrected chi connectivity index (χ2v) is 7.08. The molecule has 0 N–H and O–H groups in total. The normalized spacial score (nSPS) is 10.9. The smallest absolute Gasteiger partial charge is 0.276 e. The summed E-state index contributed by atoms with van der Waals surface area (Å²) in [5.41, 5.74) is 6.37. The van der Waals surface area contributed by atoms with Gasteiger partial charge in [-0.15, -0.1) is 10.2 Å². The predicted octanol–water partition coefficient (Wildman–Crippen LogP) is 4.89. The van der Waals surface area contributed by atoms with Gasteiger partial charge in [0.2, 0.25) is 5.89 Å². The van der Waals surface area contributed by atoms with E-state index in [2.05, 4.69) is 43.1 Å². The van der Waals surface area contributed by atoms with Gasteiger partial charge in [-0.2, -0.15) is 0 Å². The van der Waals surface area contributed by atoms with E-state index in [1.165, 1.54) is 22.3 Å². The molecule has 0 bridgehead atoms. The van der Waals surface area contributed by atoms with Crippen LogP contribution in [0.3, 0.4) is 0 Å². The first-order valence-electron chi connectivity index (χ1n) is 8.20. The molecular formula is C20H22N2O2S. The molecule has 0 radical (unpaired) electrons. The van der Waals surface area contributed by atoms with Gasteiger partial charge in [0.25, 0.3) is 5.22 Å². The van der Waals surface area contributed by atoms with Crippen molar-refractivity contribution in [2.24, 2.45) is 0 Å². The van der Waals surface area contributed by atoms with Gasteiger partial charge in [-0.05, 0) is 55.2 Å². The van der Waals surface area contributed by atoms with E-state index in [0.29, 0.717) is 17.5 Å². The SMILES string of the molecule is COc1ccc(Cc2nnc(SCc3c(C)cc(C)cc3C)o2)cc1. The molecule has 1 aromatic heterocycles. The monoisotopic (exact) mass is 354 g/mol. The van der Waals surface area contributed by atoms with Crippen LogP contribution in [0.4, 0.5) is 0 Å². The van der Waals surface area contributed by atoms with Crippen molar-refractivity contribution in [3.05, 3.63) is 70.1 Å². The number of hydrogen-bond donors (Lipinski definition) is 0. The molecule has 0 amide bonds. The zero-order chi connectivity index (χ0) is 17.8. The van der Waals surface area contributed by atoms with Crippen molar-refractivity contribution in [3.63, 3.8) is 0 Å². The Bertz CT molecular complexity index is 833. The highest BCUT2D eigenvalue weighted by molar-refractivity contribution is 7.98. The molecule has 3 rings (SSSR count). The molecule has 0 atom stereocenters. The predicted molar refractivity (Wildman–Crippen MR) is 100 cm³/mol. The average molecular weight is 354 g/mol. The van der Waals surface area contributed by atoms with E-state index in [4.69, 9.17) is 9.15 Å². The van der Waals surface area contributed by atoms with Gasteiger partial charge in [-0.25, -0.2) is 0 Å².